The molecule has 6 heteroatoms. The Hall–Kier alpha value is -2.18. The Morgan fingerprint density at radius 1 is 1.17 bits per heavy atom. The molecule has 0 bridgehead atoms. The van der Waals surface area contributed by atoms with E-state index in [1.165, 1.54) is 18.3 Å². The molecule has 5 nitrogen and oxygen atoms in total. The number of ether oxygens (including phenoxy) is 1. The van der Waals surface area contributed by atoms with Gasteiger partial charge in [0.05, 0.1) is 4.88 Å². The zero-order valence-corrected chi connectivity index (χ0v) is 14.3. The lowest BCUT2D eigenvalue weighted by Gasteiger charge is -2.34. The Morgan fingerprint density at radius 2 is 1.88 bits per heavy atom. The molecule has 0 spiro atoms. The predicted molar refractivity (Wildman–Crippen MR) is 95.7 cm³/mol. The third-order valence-corrected chi connectivity index (χ3v) is 4.83. The molecule has 1 fully saturated rings. The lowest BCUT2D eigenvalue weighted by Crippen LogP contribution is -2.43. The second-order valence-electron chi connectivity index (χ2n) is 5.72. The summed E-state index contributed by atoms with van der Waals surface area (Å²) < 4.78 is 5.44. The molecule has 2 heterocycles. The van der Waals surface area contributed by atoms with Crippen molar-refractivity contribution in [3.05, 3.63) is 46.7 Å². The fourth-order valence-corrected chi connectivity index (χ4v) is 3.52. The Kier molecular flexibility index (Phi) is 5.27. The maximum atomic E-state index is 13.0. The third kappa shape index (κ3) is 3.83. The maximum absolute atomic E-state index is 13.0. The number of nitrogens with one attached hydrogen (secondary N) is 1. The van der Waals surface area contributed by atoms with Gasteiger partial charge in [0.2, 0.25) is 5.91 Å². The molecule has 2 amide bonds. The normalized spacial score (nSPS) is 15.0. The molecular weight excluding hydrogens is 324 g/mol. The molecule has 3 rings (SSSR count). The van der Waals surface area contributed by atoms with Gasteiger partial charge in [0.1, 0.15) is 0 Å². The first-order valence-corrected chi connectivity index (χ1v) is 8.85. The van der Waals surface area contributed by atoms with Gasteiger partial charge in [-0.25, -0.2) is 0 Å². The summed E-state index contributed by atoms with van der Waals surface area (Å²) in [6.07, 6.45) is 1.65. The summed E-state index contributed by atoms with van der Waals surface area (Å²) in [5.74, 6) is -0.0946. The second-order valence-corrected chi connectivity index (χ2v) is 6.67. The first-order valence-electron chi connectivity index (χ1n) is 7.97. The van der Waals surface area contributed by atoms with Crippen molar-refractivity contribution < 1.29 is 14.3 Å². The summed E-state index contributed by atoms with van der Waals surface area (Å²) in [7, 11) is 0. The minimum Gasteiger partial charge on any atom is -0.381 e. The number of carbonyl (C=O) groups excluding carboxylic acids is 2. The number of hydrogen-bond acceptors (Lipinski definition) is 4. The highest BCUT2D eigenvalue weighted by Crippen LogP contribution is 2.27. The van der Waals surface area contributed by atoms with Crippen LogP contribution in [0.3, 0.4) is 0 Å². The van der Waals surface area contributed by atoms with Crippen LogP contribution in [-0.4, -0.2) is 31.1 Å². The van der Waals surface area contributed by atoms with E-state index in [1.54, 1.807) is 0 Å². The van der Waals surface area contributed by atoms with Crippen molar-refractivity contribution in [3.8, 4) is 0 Å². The Labute approximate surface area is 145 Å². The average molecular weight is 344 g/mol. The summed E-state index contributed by atoms with van der Waals surface area (Å²) in [5.41, 5.74) is 1.57. The minimum atomic E-state index is -0.112. The minimum absolute atomic E-state index is 0.0178. The number of carbonyl (C=O) groups is 2. The van der Waals surface area contributed by atoms with E-state index in [0.29, 0.717) is 13.2 Å². The third-order valence-electron chi connectivity index (χ3n) is 3.97. The fourth-order valence-electron chi connectivity index (χ4n) is 2.86. The standard InChI is InChI=1S/C18H20N2O3S/c1-13(21)19-14-4-6-15(7-5-14)20(16-8-10-23-11-9-16)18(22)17-3-2-12-24-17/h2-7,12,16H,8-11H2,1H3,(H,19,21). The van der Waals surface area contributed by atoms with Gasteiger partial charge in [0, 0.05) is 37.6 Å². The second kappa shape index (κ2) is 7.59. The van der Waals surface area contributed by atoms with E-state index in [2.05, 4.69) is 5.32 Å². The van der Waals surface area contributed by atoms with Crippen molar-refractivity contribution in [2.45, 2.75) is 25.8 Å². The molecule has 2 aromatic rings. The zero-order valence-electron chi connectivity index (χ0n) is 13.5. The summed E-state index contributed by atoms with van der Waals surface area (Å²) >= 11 is 1.45. The molecule has 0 atom stereocenters. The zero-order chi connectivity index (χ0) is 16.9. The predicted octanol–water partition coefficient (Wildman–Crippen LogP) is 3.53. The molecular formula is C18H20N2O3S. The van der Waals surface area contributed by atoms with Crippen LogP contribution in [0.25, 0.3) is 0 Å². The van der Waals surface area contributed by atoms with Crippen LogP contribution in [0.4, 0.5) is 11.4 Å². The molecule has 1 N–H and O–H groups in total. The molecule has 1 aromatic carbocycles. The molecule has 24 heavy (non-hydrogen) atoms. The van der Waals surface area contributed by atoms with Crippen molar-refractivity contribution in [2.24, 2.45) is 0 Å². The van der Waals surface area contributed by atoms with Crippen LogP contribution in [0, 0.1) is 0 Å². The number of hydrogen-bond donors (Lipinski definition) is 1. The van der Waals surface area contributed by atoms with Crippen LogP contribution >= 0.6 is 11.3 Å². The van der Waals surface area contributed by atoms with Crippen LogP contribution in [0.2, 0.25) is 0 Å². The number of thiophene rings is 1. The number of amides is 2. The van der Waals surface area contributed by atoms with Crippen LogP contribution in [0.5, 0.6) is 0 Å². The molecule has 0 radical (unpaired) electrons. The van der Waals surface area contributed by atoms with Gasteiger partial charge >= 0.3 is 0 Å². The van der Waals surface area contributed by atoms with E-state index in [4.69, 9.17) is 4.74 Å². The van der Waals surface area contributed by atoms with E-state index in [1.807, 2.05) is 46.7 Å². The van der Waals surface area contributed by atoms with Gasteiger partial charge < -0.3 is 15.0 Å². The van der Waals surface area contributed by atoms with Gasteiger partial charge in [0.15, 0.2) is 0 Å². The smallest absolute Gasteiger partial charge is 0.268 e. The number of nitrogens with zero attached hydrogens (tertiary/aromatic N) is 1. The first kappa shape index (κ1) is 16.7. The van der Waals surface area contributed by atoms with Crippen molar-refractivity contribution in [3.63, 3.8) is 0 Å². The lowest BCUT2D eigenvalue weighted by molar-refractivity contribution is -0.114. The summed E-state index contributed by atoms with van der Waals surface area (Å²) in [5, 5.41) is 4.66. The van der Waals surface area contributed by atoms with Gasteiger partial charge in [-0.15, -0.1) is 11.3 Å². The van der Waals surface area contributed by atoms with Gasteiger partial charge in [-0.2, -0.15) is 0 Å². The molecule has 1 aliphatic heterocycles. The van der Waals surface area contributed by atoms with E-state index in [9.17, 15) is 9.59 Å². The Bertz CT molecular complexity index is 692. The summed E-state index contributed by atoms with van der Waals surface area (Å²) in [4.78, 5) is 26.7. The van der Waals surface area contributed by atoms with E-state index < -0.39 is 0 Å². The SMILES string of the molecule is CC(=O)Nc1ccc(N(C(=O)c2cccs2)C2CCOCC2)cc1. The van der Waals surface area contributed by atoms with E-state index >= 15 is 0 Å². The highest BCUT2D eigenvalue weighted by Gasteiger charge is 2.28. The van der Waals surface area contributed by atoms with Crippen molar-refractivity contribution in [2.75, 3.05) is 23.4 Å². The summed E-state index contributed by atoms with van der Waals surface area (Å²) in [6, 6.07) is 11.3. The van der Waals surface area contributed by atoms with Gasteiger partial charge in [-0.1, -0.05) is 6.07 Å². The highest BCUT2D eigenvalue weighted by molar-refractivity contribution is 7.12. The quantitative estimate of drug-likeness (QED) is 0.923. The van der Waals surface area contributed by atoms with Gasteiger partial charge in [0.25, 0.3) is 5.91 Å². The number of rotatable bonds is 4. The Morgan fingerprint density at radius 3 is 2.46 bits per heavy atom. The number of anilines is 2. The van der Waals surface area contributed by atoms with E-state index in [-0.39, 0.29) is 17.9 Å². The molecule has 1 aromatic heterocycles. The largest absolute Gasteiger partial charge is 0.381 e. The highest BCUT2D eigenvalue weighted by atomic mass is 32.1. The molecule has 0 aliphatic carbocycles. The average Bonchev–Trinajstić information content (AvgIpc) is 3.12. The molecule has 1 saturated heterocycles. The lowest BCUT2D eigenvalue weighted by atomic mass is 10.1. The van der Waals surface area contributed by atoms with Crippen LogP contribution < -0.4 is 10.2 Å². The monoisotopic (exact) mass is 344 g/mol. The van der Waals surface area contributed by atoms with Crippen LogP contribution in [0.15, 0.2) is 41.8 Å². The van der Waals surface area contributed by atoms with E-state index in [0.717, 1.165) is 29.1 Å². The van der Waals surface area contributed by atoms with Crippen molar-refractivity contribution in [1.82, 2.24) is 0 Å². The number of benzene rings is 1. The van der Waals surface area contributed by atoms with Crippen molar-refractivity contribution >= 4 is 34.5 Å². The summed E-state index contributed by atoms with van der Waals surface area (Å²) in [6.45, 7) is 2.81. The topological polar surface area (TPSA) is 58.6 Å². The molecule has 0 saturated carbocycles. The van der Waals surface area contributed by atoms with Crippen LogP contribution in [-0.2, 0) is 9.53 Å². The molecule has 126 valence electrons. The molecule has 0 unspecified atom stereocenters. The van der Waals surface area contributed by atoms with Gasteiger partial charge in [-0.3, -0.25) is 9.59 Å². The molecule has 1 aliphatic rings. The maximum Gasteiger partial charge on any atom is 0.268 e. The van der Waals surface area contributed by atoms with Crippen molar-refractivity contribution in [1.29, 1.82) is 0 Å². The van der Waals surface area contributed by atoms with Crippen LogP contribution in [0.1, 0.15) is 29.4 Å². The Balaban J connectivity index is 1.88. The fraction of sp³-hybridized carbons (Fsp3) is 0.333. The first-order chi connectivity index (χ1) is 11.6. The van der Waals surface area contributed by atoms with Gasteiger partial charge in [-0.05, 0) is 48.6 Å².